The number of hydrogen-bond acceptors (Lipinski definition) is 7. The Kier molecular flexibility index (Phi) is 5.11. The standard InChI is InChI=1S/C23H23N7O/c1-16-26-22-19(3-2-10-25-22)23(27-16)29-13-8-17(9-14-29)15-30-21(31)5-4-20(28-30)18-6-11-24-12-7-18/h2-7,10-12,17H,8-9,13-15H2,1H3. The molecule has 0 atom stereocenters. The summed E-state index contributed by atoms with van der Waals surface area (Å²) in [7, 11) is 0. The molecule has 0 spiro atoms. The lowest BCUT2D eigenvalue weighted by Crippen LogP contribution is -2.37. The van der Waals surface area contributed by atoms with Gasteiger partial charge in [-0.1, -0.05) is 0 Å². The van der Waals surface area contributed by atoms with Gasteiger partial charge in [0.25, 0.3) is 5.56 Å². The zero-order chi connectivity index (χ0) is 21.2. The van der Waals surface area contributed by atoms with Gasteiger partial charge in [0.1, 0.15) is 11.6 Å². The highest BCUT2D eigenvalue weighted by Gasteiger charge is 2.23. The maximum atomic E-state index is 12.4. The largest absolute Gasteiger partial charge is 0.356 e. The average molecular weight is 413 g/mol. The molecule has 0 amide bonds. The number of hydrogen-bond donors (Lipinski definition) is 0. The van der Waals surface area contributed by atoms with Crippen molar-refractivity contribution in [1.29, 1.82) is 0 Å². The molecule has 1 saturated heterocycles. The lowest BCUT2D eigenvalue weighted by atomic mass is 9.96. The van der Waals surface area contributed by atoms with Crippen LogP contribution in [0.25, 0.3) is 22.3 Å². The van der Waals surface area contributed by atoms with E-state index in [4.69, 9.17) is 4.98 Å². The van der Waals surface area contributed by atoms with E-state index >= 15 is 0 Å². The minimum absolute atomic E-state index is 0.0660. The van der Waals surface area contributed by atoms with Crippen molar-refractivity contribution >= 4 is 16.9 Å². The molecule has 0 aliphatic carbocycles. The summed E-state index contributed by atoms with van der Waals surface area (Å²) in [5, 5.41) is 5.58. The van der Waals surface area contributed by atoms with Crippen LogP contribution in [0.5, 0.6) is 0 Å². The molecule has 0 N–H and O–H groups in total. The van der Waals surface area contributed by atoms with Crippen LogP contribution in [0.4, 0.5) is 5.82 Å². The van der Waals surface area contributed by atoms with Crippen LogP contribution >= 0.6 is 0 Å². The number of fused-ring (bicyclic) bond motifs is 1. The molecule has 4 aromatic heterocycles. The fraction of sp³-hybridized carbons (Fsp3) is 0.304. The fourth-order valence-electron chi connectivity index (χ4n) is 4.12. The Hall–Kier alpha value is -3.68. The zero-order valence-electron chi connectivity index (χ0n) is 17.3. The van der Waals surface area contributed by atoms with Crippen molar-refractivity contribution in [3.8, 4) is 11.3 Å². The van der Waals surface area contributed by atoms with Crippen molar-refractivity contribution in [2.75, 3.05) is 18.0 Å². The van der Waals surface area contributed by atoms with Gasteiger partial charge >= 0.3 is 0 Å². The molecule has 8 nitrogen and oxygen atoms in total. The van der Waals surface area contributed by atoms with Crippen molar-refractivity contribution in [1.82, 2.24) is 29.7 Å². The molecular weight excluding hydrogens is 390 g/mol. The minimum atomic E-state index is -0.0660. The molecule has 1 aliphatic rings. The highest BCUT2D eigenvalue weighted by atomic mass is 16.1. The lowest BCUT2D eigenvalue weighted by molar-refractivity contribution is 0.335. The van der Waals surface area contributed by atoms with Gasteiger partial charge in [-0.15, -0.1) is 0 Å². The third kappa shape index (κ3) is 4.01. The summed E-state index contributed by atoms with van der Waals surface area (Å²) in [5.74, 6) is 2.07. The van der Waals surface area contributed by atoms with E-state index in [-0.39, 0.29) is 5.56 Å². The van der Waals surface area contributed by atoms with Crippen LogP contribution in [-0.2, 0) is 6.54 Å². The van der Waals surface area contributed by atoms with Crippen LogP contribution in [0.2, 0.25) is 0 Å². The molecule has 1 fully saturated rings. The van der Waals surface area contributed by atoms with Gasteiger partial charge in [-0.25, -0.2) is 19.6 Å². The van der Waals surface area contributed by atoms with Crippen LogP contribution in [-0.4, -0.2) is 42.8 Å². The Morgan fingerprint density at radius 1 is 1.00 bits per heavy atom. The zero-order valence-corrected chi connectivity index (χ0v) is 17.3. The molecule has 8 heteroatoms. The number of pyridine rings is 2. The smallest absolute Gasteiger partial charge is 0.266 e. The van der Waals surface area contributed by atoms with E-state index in [2.05, 4.69) is 25.0 Å². The van der Waals surface area contributed by atoms with Gasteiger partial charge in [0.05, 0.1) is 11.1 Å². The van der Waals surface area contributed by atoms with Crippen molar-refractivity contribution in [2.45, 2.75) is 26.3 Å². The molecule has 0 unspecified atom stereocenters. The van der Waals surface area contributed by atoms with E-state index in [1.807, 2.05) is 31.2 Å². The van der Waals surface area contributed by atoms with E-state index in [0.717, 1.165) is 59.9 Å². The molecule has 156 valence electrons. The second-order valence-electron chi connectivity index (χ2n) is 7.87. The molecule has 0 saturated carbocycles. The second kappa shape index (κ2) is 8.22. The molecular formula is C23H23N7O. The van der Waals surface area contributed by atoms with Crippen molar-refractivity contribution in [3.05, 3.63) is 71.2 Å². The third-order valence-corrected chi connectivity index (χ3v) is 5.75. The van der Waals surface area contributed by atoms with Crippen molar-refractivity contribution in [2.24, 2.45) is 5.92 Å². The van der Waals surface area contributed by atoms with Gasteiger partial charge in [-0.2, -0.15) is 5.10 Å². The molecule has 31 heavy (non-hydrogen) atoms. The van der Waals surface area contributed by atoms with E-state index in [9.17, 15) is 4.79 Å². The van der Waals surface area contributed by atoms with Crippen LogP contribution in [0.3, 0.4) is 0 Å². The first kappa shape index (κ1) is 19.3. The minimum Gasteiger partial charge on any atom is -0.356 e. The maximum absolute atomic E-state index is 12.4. The van der Waals surface area contributed by atoms with Crippen LogP contribution < -0.4 is 10.5 Å². The second-order valence-corrected chi connectivity index (χ2v) is 7.87. The van der Waals surface area contributed by atoms with E-state index in [1.165, 1.54) is 0 Å². The number of piperidine rings is 1. The molecule has 1 aliphatic heterocycles. The number of aromatic nitrogens is 6. The Labute approximate surface area is 179 Å². The van der Waals surface area contributed by atoms with Gasteiger partial charge in [0.15, 0.2) is 5.65 Å². The summed E-state index contributed by atoms with van der Waals surface area (Å²) in [6, 6.07) is 11.1. The maximum Gasteiger partial charge on any atom is 0.266 e. The fourth-order valence-corrected chi connectivity index (χ4v) is 4.12. The Morgan fingerprint density at radius 2 is 1.81 bits per heavy atom. The van der Waals surface area contributed by atoms with Crippen molar-refractivity contribution in [3.63, 3.8) is 0 Å². The topological polar surface area (TPSA) is 89.7 Å². The first-order chi connectivity index (χ1) is 15.2. The van der Waals surface area contributed by atoms with Crippen LogP contribution in [0, 0.1) is 12.8 Å². The number of anilines is 1. The lowest BCUT2D eigenvalue weighted by Gasteiger charge is -2.33. The summed E-state index contributed by atoms with van der Waals surface area (Å²) in [6.07, 6.45) is 7.17. The average Bonchev–Trinajstić information content (AvgIpc) is 2.81. The van der Waals surface area contributed by atoms with E-state index in [1.54, 1.807) is 35.4 Å². The quantitative estimate of drug-likeness (QED) is 0.508. The summed E-state index contributed by atoms with van der Waals surface area (Å²) < 4.78 is 1.60. The summed E-state index contributed by atoms with van der Waals surface area (Å²) in [6.45, 7) is 4.28. The molecule has 0 radical (unpaired) electrons. The van der Waals surface area contributed by atoms with E-state index in [0.29, 0.717) is 12.5 Å². The third-order valence-electron chi connectivity index (χ3n) is 5.75. The number of aryl methyl sites for hydroxylation is 1. The normalized spacial score (nSPS) is 14.8. The van der Waals surface area contributed by atoms with Gasteiger partial charge in [-0.05, 0) is 56.0 Å². The molecule has 5 heterocycles. The van der Waals surface area contributed by atoms with Gasteiger partial charge in [0.2, 0.25) is 0 Å². The Bertz CT molecular complexity index is 1260. The highest BCUT2D eigenvalue weighted by Crippen LogP contribution is 2.27. The van der Waals surface area contributed by atoms with Gasteiger partial charge in [0, 0.05) is 49.9 Å². The van der Waals surface area contributed by atoms with Crippen LogP contribution in [0.1, 0.15) is 18.7 Å². The molecule has 0 aromatic carbocycles. The van der Waals surface area contributed by atoms with E-state index < -0.39 is 0 Å². The Morgan fingerprint density at radius 3 is 2.61 bits per heavy atom. The van der Waals surface area contributed by atoms with Crippen molar-refractivity contribution < 1.29 is 0 Å². The predicted octanol–water partition coefficient (Wildman–Crippen LogP) is 2.87. The summed E-state index contributed by atoms with van der Waals surface area (Å²) in [4.78, 5) is 32.3. The first-order valence-corrected chi connectivity index (χ1v) is 10.5. The summed E-state index contributed by atoms with van der Waals surface area (Å²) in [5.41, 5.74) is 2.41. The summed E-state index contributed by atoms with van der Waals surface area (Å²) >= 11 is 0. The SMILES string of the molecule is Cc1nc(N2CCC(Cn3nc(-c4ccncc4)ccc3=O)CC2)c2cccnc2n1. The van der Waals surface area contributed by atoms with Gasteiger partial charge < -0.3 is 4.90 Å². The Balaban J connectivity index is 1.32. The predicted molar refractivity (Wildman–Crippen MR) is 119 cm³/mol. The molecule has 4 aromatic rings. The highest BCUT2D eigenvalue weighted by molar-refractivity contribution is 5.86. The molecule has 5 rings (SSSR count). The first-order valence-electron chi connectivity index (χ1n) is 10.5. The van der Waals surface area contributed by atoms with Gasteiger partial charge in [-0.3, -0.25) is 9.78 Å². The number of nitrogens with zero attached hydrogens (tertiary/aromatic N) is 7. The number of rotatable bonds is 4. The molecule has 0 bridgehead atoms. The monoisotopic (exact) mass is 413 g/mol. The van der Waals surface area contributed by atoms with Crippen LogP contribution in [0.15, 0.2) is 59.8 Å².